The maximum absolute atomic E-state index is 11.3. The molecule has 20 heavy (non-hydrogen) atoms. The van der Waals surface area contributed by atoms with Crippen molar-refractivity contribution in [3.05, 3.63) is 35.6 Å². The Labute approximate surface area is 121 Å². The fourth-order valence-corrected chi connectivity index (χ4v) is 2.43. The molecule has 0 spiro atoms. The van der Waals surface area contributed by atoms with E-state index in [0.29, 0.717) is 12.0 Å². The number of aliphatic hydroxyl groups is 1. The summed E-state index contributed by atoms with van der Waals surface area (Å²) in [6.45, 7) is 2.19. The van der Waals surface area contributed by atoms with Crippen LogP contribution in [0.15, 0.2) is 35.6 Å². The first-order chi connectivity index (χ1) is 9.66. The molecule has 112 valence electrons. The van der Waals surface area contributed by atoms with Gasteiger partial charge in [-0.25, -0.2) is 0 Å². The van der Waals surface area contributed by atoms with Crippen molar-refractivity contribution in [1.29, 1.82) is 0 Å². The van der Waals surface area contributed by atoms with Crippen LogP contribution in [0.2, 0.25) is 0 Å². The van der Waals surface area contributed by atoms with Crippen LogP contribution in [-0.2, 0) is 4.79 Å². The van der Waals surface area contributed by atoms with E-state index in [4.69, 9.17) is 0 Å². The molecule has 1 aliphatic carbocycles. The molecule has 0 saturated carbocycles. The monoisotopic (exact) mass is 278 g/mol. The molecule has 0 aliphatic heterocycles. The van der Waals surface area contributed by atoms with Gasteiger partial charge in [-0.15, -0.1) is 0 Å². The molecule has 2 N–H and O–H groups in total. The molecule has 1 atom stereocenters. The lowest BCUT2D eigenvalue weighted by Gasteiger charge is -2.13. The van der Waals surface area contributed by atoms with Gasteiger partial charge in [0, 0.05) is 5.57 Å². The van der Waals surface area contributed by atoms with Gasteiger partial charge in [-0.05, 0) is 6.42 Å². The van der Waals surface area contributed by atoms with Crippen molar-refractivity contribution >= 4 is 5.97 Å². The predicted octanol–water partition coefficient (Wildman–Crippen LogP) is 4.77. The molecule has 1 rings (SSSR count). The van der Waals surface area contributed by atoms with Crippen molar-refractivity contribution in [1.82, 2.24) is 0 Å². The van der Waals surface area contributed by atoms with Crippen LogP contribution in [0.5, 0.6) is 0 Å². The summed E-state index contributed by atoms with van der Waals surface area (Å²) in [5.74, 6) is -1.71. The van der Waals surface area contributed by atoms with Gasteiger partial charge in [0.25, 0.3) is 0 Å². The van der Waals surface area contributed by atoms with Gasteiger partial charge >= 0.3 is 5.97 Å². The normalized spacial score (nSPS) is 14.8. The third-order valence-electron chi connectivity index (χ3n) is 3.68. The fraction of sp³-hybridized carbons (Fsp3) is 0.588. The summed E-state index contributed by atoms with van der Waals surface area (Å²) in [6, 6.07) is 0. The van der Waals surface area contributed by atoms with E-state index >= 15 is 0 Å². The highest BCUT2D eigenvalue weighted by atomic mass is 16.4. The lowest BCUT2D eigenvalue weighted by Crippen LogP contribution is -2.17. The van der Waals surface area contributed by atoms with Crippen LogP contribution in [0.4, 0.5) is 0 Å². The Balaban J connectivity index is 2.34. The molecule has 0 aromatic rings. The molecule has 1 unspecified atom stereocenters. The van der Waals surface area contributed by atoms with Gasteiger partial charge in [0.2, 0.25) is 0 Å². The van der Waals surface area contributed by atoms with Crippen LogP contribution < -0.4 is 0 Å². The summed E-state index contributed by atoms with van der Waals surface area (Å²) in [7, 11) is 0. The Morgan fingerprint density at radius 3 is 2.10 bits per heavy atom. The van der Waals surface area contributed by atoms with E-state index in [-0.39, 0.29) is 5.76 Å². The SMILES string of the molecule is CCCCCCCCCC(C(=O)O)C(O)=C1C=CC=C1. The molecule has 0 amide bonds. The van der Waals surface area contributed by atoms with Gasteiger partial charge in [0.1, 0.15) is 11.7 Å². The number of carbonyl (C=O) groups is 1. The smallest absolute Gasteiger partial charge is 0.314 e. The van der Waals surface area contributed by atoms with Crippen molar-refractivity contribution in [2.24, 2.45) is 5.92 Å². The van der Waals surface area contributed by atoms with Gasteiger partial charge in [-0.2, -0.15) is 0 Å². The van der Waals surface area contributed by atoms with Crippen LogP contribution in [0, 0.1) is 5.92 Å². The highest BCUT2D eigenvalue weighted by Gasteiger charge is 2.23. The molecular formula is C17H26O3. The highest BCUT2D eigenvalue weighted by molar-refractivity contribution is 5.73. The summed E-state index contributed by atoms with van der Waals surface area (Å²) in [5.41, 5.74) is 0.625. The number of hydrogen-bond acceptors (Lipinski definition) is 2. The average molecular weight is 278 g/mol. The maximum atomic E-state index is 11.3. The number of unbranched alkanes of at least 4 members (excludes halogenated alkanes) is 6. The van der Waals surface area contributed by atoms with Gasteiger partial charge in [0.05, 0.1) is 0 Å². The topological polar surface area (TPSA) is 57.5 Å². The molecule has 0 saturated heterocycles. The number of carboxylic acid groups (broad SMARTS) is 1. The van der Waals surface area contributed by atoms with Crippen molar-refractivity contribution in [3.8, 4) is 0 Å². The summed E-state index contributed by atoms with van der Waals surface area (Å²) in [4.78, 5) is 11.3. The first-order valence-corrected chi connectivity index (χ1v) is 7.67. The number of hydrogen-bond donors (Lipinski definition) is 2. The zero-order chi connectivity index (χ0) is 14.8. The number of aliphatic carboxylic acids is 1. The molecule has 0 bridgehead atoms. The zero-order valence-electron chi connectivity index (χ0n) is 12.3. The fourth-order valence-electron chi connectivity index (χ4n) is 2.43. The summed E-state index contributed by atoms with van der Waals surface area (Å²) >= 11 is 0. The maximum Gasteiger partial charge on any atom is 0.314 e. The van der Waals surface area contributed by atoms with E-state index in [1.807, 2.05) is 0 Å². The standard InChI is InChI=1S/C17H26O3/c1-2-3-4-5-6-7-8-13-15(17(19)20)16(18)14-11-9-10-12-14/h9-12,15,18H,2-8,13H2,1H3,(H,19,20). The quantitative estimate of drug-likeness (QED) is 0.447. The van der Waals surface area contributed by atoms with Gasteiger partial charge in [-0.3, -0.25) is 4.79 Å². The number of carboxylic acids is 1. The second-order valence-electron chi connectivity index (χ2n) is 5.36. The Hall–Kier alpha value is -1.51. The van der Waals surface area contributed by atoms with Crippen LogP contribution in [0.1, 0.15) is 58.3 Å². The second kappa shape index (κ2) is 9.40. The van der Waals surface area contributed by atoms with Crippen molar-refractivity contribution in [3.63, 3.8) is 0 Å². The van der Waals surface area contributed by atoms with E-state index in [1.165, 1.54) is 25.7 Å². The Kier molecular flexibility index (Phi) is 7.78. The molecular weight excluding hydrogens is 252 g/mol. The largest absolute Gasteiger partial charge is 0.511 e. The van der Waals surface area contributed by atoms with Gasteiger partial charge in [0.15, 0.2) is 0 Å². The molecule has 3 heteroatoms. The van der Waals surface area contributed by atoms with E-state index in [2.05, 4.69) is 6.92 Å². The minimum absolute atomic E-state index is 0.00603. The number of rotatable bonds is 10. The van der Waals surface area contributed by atoms with E-state index in [9.17, 15) is 15.0 Å². The van der Waals surface area contributed by atoms with E-state index in [1.54, 1.807) is 24.3 Å². The first kappa shape index (κ1) is 16.5. The molecule has 0 heterocycles. The van der Waals surface area contributed by atoms with Crippen LogP contribution in [0.3, 0.4) is 0 Å². The predicted molar refractivity (Wildman–Crippen MR) is 81.7 cm³/mol. The third kappa shape index (κ3) is 5.64. The Morgan fingerprint density at radius 1 is 1.00 bits per heavy atom. The zero-order valence-corrected chi connectivity index (χ0v) is 12.3. The lowest BCUT2D eigenvalue weighted by atomic mass is 9.96. The van der Waals surface area contributed by atoms with Crippen molar-refractivity contribution < 1.29 is 15.0 Å². The molecule has 1 aliphatic rings. The van der Waals surface area contributed by atoms with E-state index in [0.717, 1.165) is 19.3 Å². The first-order valence-electron chi connectivity index (χ1n) is 7.67. The van der Waals surface area contributed by atoms with Crippen molar-refractivity contribution in [2.75, 3.05) is 0 Å². The Bertz CT molecular complexity index is 377. The van der Waals surface area contributed by atoms with Crippen molar-refractivity contribution in [2.45, 2.75) is 58.3 Å². The van der Waals surface area contributed by atoms with Gasteiger partial charge < -0.3 is 10.2 Å². The minimum Gasteiger partial charge on any atom is -0.511 e. The van der Waals surface area contributed by atoms with Crippen LogP contribution in [0.25, 0.3) is 0 Å². The summed E-state index contributed by atoms with van der Waals surface area (Å²) in [5, 5.41) is 19.3. The molecule has 0 radical (unpaired) electrons. The van der Waals surface area contributed by atoms with Crippen LogP contribution in [-0.4, -0.2) is 16.2 Å². The summed E-state index contributed by atoms with van der Waals surface area (Å²) < 4.78 is 0. The average Bonchev–Trinajstić information content (AvgIpc) is 2.95. The number of allylic oxidation sites excluding steroid dienone is 5. The molecule has 0 aromatic carbocycles. The lowest BCUT2D eigenvalue weighted by molar-refractivity contribution is -0.141. The third-order valence-corrected chi connectivity index (χ3v) is 3.68. The second-order valence-corrected chi connectivity index (χ2v) is 5.36. The van der Waals surface area contributed by atoms with E-state index < -0.39 is 11.9 Å². The summed E-state index contributed by atoms with van der Waals surface area (Å²) in [6.07, 6.45) is 15.7. The molecule has 3 nitrogen and oxygen atoms in total. The van der Waals surface area contributed by atoms with Gasteiger partial charge in [-0.1, -0.05) is 76.2 Å². The molecule has 0 fully saturated rings. The van der Waals surface area contributed by atoms with Crippen LogP contribution >= 0.6 is 0 Å². The Morgan fingerprint density at radius 2 is 1.55 bits per heavy atom. The minimum atomic E-state index is -0.935. The number of aliphatic hydroxyl groups excluding tert-OH is 1. The highest BCUT2D eigenvalue weighted by Crippen LogP contribution is 2.23. The molecule has 0 aromatic heterocycles.